The van der Waals surface area contributed by atoms with E-state index in [1.54, 1.807) is 12.1 Å². The Labute approximate surface area is 115 Å². The molecule has 100 valence electrons. The van der Waals surface area contributed by atoms with E-state index >= 15 is 0 Å². The van der Waals surface area contributed by atoms with E-state index in [9.17, 15) is 9.18 Å². The summed E-state index contributed by atoms with van der Waals surface area (Å²) in [5.74, 6) is -0.931. The SMILES string of the molecule is CCCOCCCNC(=O)c1c(F)cccc1Br. The molecule has 1 aromatic rings. The lowest BCUT2D eigenvalue weighted by Crippen LogP contribution is -2.26. The molecule has 1 amide bonds. The molecule has 0 bridgehead atoms. The first kappa shape index (κ1) is 15.1. The molecule has 1 rings (SSSR count). The smallest absolute Gasteiger partial charge is 0.255 e. The zero-order chi connectivity index (χ0) is 13.4. The highest BCUT2D eigenvalue weighted by molar-refractivity contribution is 9.10. The number of rotatable bonds is 7. The number of hydrogen-bond acceptors (Lipinski definition) is 2. The normalized spacial score (nSPS) is 10.4. The van der Waals surface area contributed by atoms with Crippen molar-refractivity contribution in [1.82, 2.24) is 5.32 Å². The van der Waals surface area contributed by atoms with Gasteiger partial charge in [-0.25, -0.2) is 4.39 Å². The first-order chi connectivity index (χ1) is 8.66. The van der Waals surface area contributed by atoms with Gasteiger partial charge >= 0.3 is 0 Å². The van der Waals surface area contributed by atoms with Crippen LogP contribution in [0.15, 0.2) is 22.7 Å². The van der Waals surface area contributed by atoms with Gasteiger partial charge in [0.1, 0.15) is 5.82 Å². The minimum Gasteiger partial charge on any atom is -0.381 e. The lowest BCUT2D eigenvalue weighted by molar-refractivity contribution is 0.0936. The standard InChI is InChI=1S/C13H17BrFNO2/c1-2-8-18-9-4-7-16-13(17)12-10(14)5-3-6-11(12)15/h3,5-6H,2,4,7-9H2,1H3,(H,16,17). The molecule has 18 heavy (non-hydrogen) atoms. The molecule has 1 N–H and O–H groups in total. The molecule has 0 spiro atoms. The van der Waals surface area contributed by atoms with Gasteiger partial charge in [0, 0.05) is 24.2 Å². The summed E-state index contributed by atoms with van der Waals surface area (Å²) in [6, 6.07) is 4.46. The Kier molecular flexibility index (Phi) is 6.90. The van der Waals surface area contributed by atoms with Gasteiger partial charge in [-0.05, 0) is 40.9 Å². The molecule has 0 aliphatic heterocycles. The average molecular weight is 318 g/mol. The van der Waals surface area contributed by atoms with Crippen LogP contribution in [-0.4, -0.2) is 25.7 Å². The largest absolute Gasteiger partial charge is 0.381 e. The molecule has 0 atom stereocenters. The number of benzene rings is 1. The minimum absolute atomic E-state index is 0.0481. The first-order valence-electron chi connectivity index (χ1n) is 5.96. The van der Waals surface area contributed by atoms with Crippen LogP contribution in [-0.2, 0) is 4.74 Å². The van der Waals surface area contributed by atoms with Crippen LogP contribution in [0.25, 0.3) is 0 Å². The Hall–Kier alpha value is -0.940. The van der Waals surface area contributed by atoms with Gasteiger partial charge in [-0.2, -0.15) is 0 Å². The number of amides is 1. The van der Waals surface area contributed by atoms with E-state index in [1.807, 2.05) is 6.92 Å². The van der Waals surface area contributed by atoms with Crippen molar-refractivity contribution in [2.75, 3.05) is 19.8 Å². The Bertz CT molecular complexity index is 378. The molecule has 0 aliphatic carbocycles. The molecule has 5 heteroatoms. The Morgan fingerprint density at radius 3 is 2.89 bits per heavy atom. The second kappa shape index (κ2) is 8.21. The van der Waals surface area contributed by atoms with E-state index in [0.29, 0.717) is 17.6 Å². The molecule has 0 saturated carbocycles. The van der Waals surface area contributed by atoms with Gasteiger partial charge in [0.25, 0.3) is 5.91 Å². The minimum atomic E-state index is -0.524. The average Bonchev–Trinajstić information content (AvgIpc) is 2.33. The predicted octanol–water partition coefficient (Wildman–Crippen LogP) is 3.13. The lowest BCUT2D eigenvalue weighted by atomic mass is 10.2. The third-order valence-electron chi connectivity index (χ3n) is 2.29. The number of halogens is 2. The van der Waals surface area contributed by atoms with Crippen molar-refractivity contribution in [2.24, 2.45) is 0 Å². The molecule has 0 radical (unpaired) electrons. The predicted molar refractivity (Wildman–Crippen MR) is 72.2 cm³/mol. The van der Waals surface area contributed by atoms with E-state index in [0.717, 1.165) is 19.4 Å². The topological polar surface area (TPSA) is 38.3 Å². The van der Waals surface area contributed by atoms with Crippen LogP contribution < -0.4 is 5.32 Å². The summed E-state index contributed by atoms with van der Waals surface area (Å²) in [4.78, 5) is 11.8. The van der Waals surface area contributed by atoms with Gasteiger partial charge in [0.2, 0.25) is 0 Å². The van der Waals surface area contributed by atoms with Crippen molar-refractivity contribution >= 4 is 21.8 Å². The van der Waals surface area contributed by atoms with E-state index in [4.69, 9.17) is 4.74 Å². The second-order valence-electron chi connectivity index (χ2n) is 3.82. The Morgan fingerprint density at radius 2 is 2.22 bits per heavy atom. The molecule has 0 heterocycles. The van der Waals surface area contributed by atoms with Crippen molar-refractivity contribution in [3.8, 4) is 0 Å². The molecule has 0 unspecified atom stereocenters. The lowest BCUT2D eigenvalue weighted by Gasteiger charge is -2.08. The van der Waals surface area contributed by atoms with Crippen molar-refractivity contribution in [2.45, 2.75) is 19.8 Å². The maximum atomic E-state index is 13.5. The quantitative estimate of drug-likeness (QED) is 0.785. The van der Waals surface area contributed by atoms with Gasteiger partial charge in [-0.3, -0.25) is 4.79 Å². The van der Waals surface area contributed by atoms with Crippen LogP contribution in [0.5, 0.6) is 0 Å². The van der Waals surface area contributed by atoms with Crippen LogP contribution >= 0.6 is 15.9 Å². The van der Waals surface area contributed by atoms with E-state index in [1.165, 1.54) is 6.07 Å². The van der Waals surface area contributed by atoms with Gasteiger partial charge in [-0.15, -0.1) is 0 Å². The van der Waals surface area contributed by atoms with Gasteiger partial charge in [-0.1, -0.05) is 13.0 Å². The van der Waals surface area contributed by atoms with Crippen LogP contribution in [0.3, 0.4) is 0 Å². The highest BCUT2D eigenvalue weighted by atomic mass is 79.9. The van der Waals surface area contributed by atoms with E-state index in [-0.39, 0.29) is 5.56 Å². The number of carbonyl (C=O) groups is 1. The van der Waals surface area contributed by atoms with Crippen molar-refractivity contribution in [1.29, 1.82) is 0 Å². The van der Waals surface area contributed by atoms with Crippen molar-refractivity contribution < 1.29 is 13.9 Å². The van der Waals surface area contributed by atoms with E-state index < -0.39 is 11.7 Å². The van der Waals surface area contributed by atoms with Crippen molar-refractivity contribution in [3.63, 3.8) is 0 Å². The number of carbonyl (C=O) groups excluding carboxylic acids is 1. The molecule has 3 nitrogen and oxygen atoms in total. The molecule has 1 aromatic carbocycles. The summed E-state index contributed by atoms with van der Waals surface area (Å²) in [7, 11) is 0. The molecular formula is C13H17BrFNO2. The van der Waals surface area contributed by atoms with Gasteiger partial charge in [0.05, 0.1) is 5.56 Å². The third kappa shape index (κ3) is 4.74. The molecule has 0 saturated heterocycles. The van der Waals surface area contributed by atoms with Crippen molar-refractivity contribution in [3.05, 3.63) is 34.1 Å². The van der Waals surface area contributed by atoms with Gasteiger partial charge in [0.15, 0.2) is 0 Å². The highest BCUT2D eigenvalue weighted by Crippen LogP contribution is 2.19. The number of hydrogen-bond donors (Lipinski definition) is 1. The molecule has 0 fully saturated rings. The number of nitrogens with one attached hydrogen (secondary N) is 1. The van der Waals surface area contributed by atoms with Crippen LogP contribution in [0.4, 0.5) is 4.39 Å². The Morgan fingerprint density at radius 1 is 1.44 bits per heavy atom. The van der Waals surface area contributed by atoms with Crippen LogP contribution in [0.1, 0.15) is 30.1 Å². The number of ether oxygens (including phenoxy) is 1. The fourth-order valence-electron chi connectivity index (χ4n) is 1.43. The van der Waals surface area contributed by atoms with E-state index in [2.05, 4.69) is 21.2 Å². The maximum absolute atomic E-state index is 13.5. The summed E-state index contributed by atoms with van der Waals surface area (Å²) in [6.07, 6.45) is 1.70. The second-order valence-corrected chi connectivity index (χ2v) is 4.67. The summed E-state index contributed by atoms with van der Waals surface area (Å²) < 4.78 is 19.2. The summed E-state index contributed by atoms with van der Waals surface area (Å²) >= 11 is 3.17. The Balaban J connectivity index is 2.37. The fourth-order valence-corrected chi connectivity index (χ4v) is 1.95. The zero-order valence-electron chi connectivity index (χ0n) is 10.3. The summed E-state index contributed by atoms with van der Waals surface area (Å²) in [6.45, 7) is 3.85. The zero-order valence-corrected chi connectivity index (χ0v) is 11.9. The molecule has 0 aliphatic rings. The van der Waals surface area contributed by atoms with Gasteiger partial charge < -0.3 is 10.1 Å². The molecule has 0 aromatic heterocycles. The monoisotopic (exact) mass is 317 g/mol. The first-order valence-corrected chi connectivity index (χ1v) is 6.76. The summed E-state index contributed by atoms with van der Waals surface area (Å²) in [5.41, 5.74) is 0.0481. The molecular weight excluding hydrogens is 301 g/mol. The third-order valence-corrected chi connectivity index (χ3v) is 2.95. The summed E-state index contributed by atoms with van der Waals surface area (Å²) in [5, 5.41) is 2.67. The van der Waals surface area contributed by atoms with Crippen LogP contribution in [0.2, 0.25) is 0 Å². The maximum Gasteiger partial charge on any atom is 0.255 e. The van der Waals surface area contributed by atoms with Crippen LogP contribution in [0, 0.1) is 5.82 Å². The highest BCUT2D eigenvalue weighted by Gasteiger charge is 2.14. The fraction of sp³-hybridized carbons (Fsp3) is 0.462.